The summed E-state index contributed by atoms with van der Waals surface area (Å²) in [4.78, 5) is 13.6. The van der Waals surface area contributed by atoms with Crippen LogP contribution in [0.2, 0.25) is 0 Å². The number of nitrogens with zero attached hydrogens (tertiary/aromatic N) is 6. The summed E-state index contributed by atoms with van der Waals surface area (Å²) in [7, 11) is 0. The minimum absolute atomic E-state index is 0.226. The standard InChI is InChI=1S/C25H22F2N8O2/c1-4-16(28)11-14(2)30-24-18(15(3)36)6-9-22(32-24)35-13-29-19-12-17(5-7-20(19)35)31-21-8-10-23(34-33-21)37-25(26)27/h1,5-13,15,25,36H,28H2,2-3H3,(H,31,33)/b16-11-,30-14+. The molecular weight excluding hydrogens is 482 g/mol. The van der Waals surface area contributed by atoms with E-state index in [1.165, 1.54) is 12.1 Å². The summed E-state index contributed by atoms with van der Waals surface area (Å²) in [6, 6.07) is 11.7. The van der Waals surface area contributed by atoms with Gasteiger partial charge >= 0.3 is 6.61 Å². The molecule has 0 aliphatic carbocycles. The number of fused-ring (bicyclic) bond motifs is 1. The third-order valence-electron chi connectivity index (χ3n) is 5.07. The van der Waals surface area contributed by atoms with Gasteiger partial charge in [0.05, 0.1) is 22.8 Å². The van der Waals surface area contributed by atoms with Gasteiger partial charge in [-0.25, -0.2) is 15.0 Å². The van der Waals surface area contributed by atoms with Crippen molar-refractivity contribution < 1.29 is 18.6 Å². The van der Waals surface area contributed by atoms with E-state index in [1.807, 2.05) is 6.07 Å². The predicted molar refractivity (Wildman–Crippen MR) is 135 cm³/mol. The summed E-state index contributed by atoms with van der Waals surface area (Å²) in [5.41, 5.74) is 9.07. The van der Waals surface area contributed by atoms with Gasteiger partial charge in [0.15, 0.2) is 11.6 Å². The van der Waals surface area contributed by atoms with Crippen molar-refractivity contribution in [3.05, 3.63) is 66.1 Å². The quantitative estimate of drug-likeness (QED) is 0.240. The second-order valence-electron chi connectivity index (χ2n) is 7.83. The Bertz CT molecular complexity index is 1520. The number of pyridine rings is 1. The maximum Gasteiger partial charge on any atom is 0.388 e. The molecule has 3 aromatic heterocycles. The lowest BCUT2D eigenvalue weighted by Gasteiger charge is -2.11. The highest BCUT2D eigenvalue weighted by molar-refractivity contribution is 5.95. The molecule has 1 unspecified atom stereocenters. The van der Waals surface area contributed by atoms with Crippen LogP contribution in [0.3, 0.4) is 0 Å². The van der Waals surface area contributed by atoms with Crippen molar-refractivity contribution in [1.82, 2.24) is 24.7 Å². The molecule has 37 heavy (non-hydrogen) atoms. The molecule has 3 heterocycles. The number of aliphatic hydroxyl groups is 1. The Morgan fingerprint density at radius 2 is 2.05 bits per heavy atom. The van der Waals surface area contributed by atoms with Gasteiger partial charge in [0.1, 0.15) is 12.1 Å². The first-order valence-corrected chi connectivity index (χ1v) is 10.9. The second-order valence-corrected chi connectivity index (χ2v) is 7.83. The number of aliphatic hydroxyl groups excluding tert-OH is 1. The van der Waals surface area contributed by atoms with Crippen molar-refractivity contribution >= 4 is 34.1 Å². The molecule has 188 valence electrons. The van der Waals surface area contributed by atoms with E-state index in [0.717, 1.165) is 5.52 Å². The summed E-state index contributed by atoms with van der Waals surface area (Å²) in [6.07, 6.45) is 7.67. The fourth-order valence-corrected chi connectivity index (χ4v) is 3.43. The van der Waals surface area contributed by atoms with E-state index < -0.39 is 12.7 Å². The van der Waals surface area contributed by atoms with Crippen LogP contribution in [0.4, 0.5) is 26.1 Å². The van der Waals surface area contributed by atoms with Crippen molar-refractivity contribution in [1.29, 1.82) is 0 Å². The average molecular weight is 505 g/mol. The molecule has 0 saturated carbocycles. The Labute approximate surface area is 210 Å². The molecule has 12 heteroatoms. The van der Waals surface area contributed by atoms with E-state index in [9.17, 15) is 13.9 Å². The minimum atomic E-state index is -2.97. The lowest BCUT2D eigenvalue weighted by Crippen LogP contribution is -2.05. The van der Waals surface area contributed by atoms with Crippen molar-refractivity contribution in [2.45, 2.75) is 26.6 Å². The van der Waals surface area contributed by atoms with Crippen LogP contribution < -0.4 is 15.8 Å². The molecule has 4 N–H and O–H groups in total. The number of terminal acetylenes is 1. The third kappa shape index (κ3) is 6.03. The number of benzene rings is 1. The zero-order valence-corrected chi connectivity index (χ0v) is 19.8. The largest absolute Gasteiger partial charge is 0.415 e. The van der Waals surface area contributed by atoms with Crippen molar-refractivity contribution in [2.24, 2.45) is 10.7 Å². The van der Waals surface area contributed by atoms with Gasteiger partial charge in [-0.15, -0.1) is 16.6 Å². The summed E-state index contributed by atoms with van der Waals surface area (Å²) < 4.78 is 30.5. The highest BCUT2D eigenvalue weighted by Crippen LogP contribution is 2.28. The Kier molecular flexibility index (Phi) is 7.36. The Hall–Kier alpha value is -4.89. The topological polar surface area (TPSA) is 136 Å². The molecule has 10 nitrogen and oxygen atoms in total. The Morgan fingerprint density at radius 3 is 2.73 bits per heavy atom. The monoisotopic (exact) mass is 504 g/mol. The molecule has 4 aromatic rings. The van der Waals surface area contributed by atoms with Crippen LogP contribution in [0, 0.1) is 12.3 Å². The van der Waals surface area contributed by atoms with E-state index >= 15 is 0 Å². The molecule has 0 radical (unpaired) electrons. The summed E-state index contributed by atoms with van der Waals surface area (Å²) in [5, 5.41) is 20.7. The number of allylic oxidation sites excluding steroid dienone is 2. The van der Waals surface area contributed by atoms with Crippen molar-refractivity contribution in [3.8, 4) is 24.0 Å². The molecule has 0 amide bonds. The number of imidazole rings is 1. The van der Waals surface area contributed by atoms with Gasteiger partial charge in [0, 0.05) is 23.0 Å². The van der Waals surface area contributed by atoms with Gasteiger partial charge in [0.2, 0.25) is 5.88 Å². The first kappa shape index (κ1) is 25.2. The normalized spacial score (nSPS) is 13.0. The zero-order chi connectivity index (χ0) is 26.5. The number of nitrogens with two attached hydrogens (primary N) is 1. The van der Waals surface area contributed by atoms with Crippen LogP contribution in [-0.4, -0.2) is 42.2 Å². The fourth-order valence-electron chi connectivity index (χ4n) is 3.43. The molecular formula is C25H22F2N8O2. The first-order chi connectivity index (χ1) is 17.7. The van der Waals surface area contributed by atoms with E-state index in [-0.39, 0.29) is 11.6 Å². The average Bonchev–Trinajstić information content (AvgIpc) is 3.28. The molecule has 4 rings (SSSR count). The molecule has 0 saturated heterocycles. The Balaban J connectivity index is 1.63. The summed E-state index contributed by atoms with van der Waals surface area (Å²) >= 11 is 0. The number of nitrogens with one attached hydrogen (secondary N) is 1. The number of aromatic nitrogens is 5. The maximum absolute atomic E-state index is 12.3. The number of anilines is 2. The molecule has 0 fully saturated rings. The minimum Gasteiger partial charge on any atom is -0.415 e. The number of aliphatic imine (C=N–C) groups is 1. The van der Waals surface area contributed by atoms with Crippen molar-refractivity contribution in [3.63, 3.8) is 0 Å². The number of rotatable bonds is 8. The predicted octanol–water partition coefficient (Wildman–Crippen LogP) is 4.18. The number of hydrogen-bond donors (Lipinski definition) is 3. The molecule has 0 aliphatic rings. The van der Waals surface area contributed by atoms with Crippen LogP contribution >= 0.6 is 0 Å². The van der Waals surface area contributed by atoms with Crippen LogP contribution in [0.15, 0.2) is 65.6 Å². The van der Waals surface area contributed by atoms with Gasteiger partial charge in [-0.05, 0) is 56.3 Å². The molecule has 0 spiro atoms. The molecule has 0 bridgehead atoms. The van der Waals surface area contributed by atoms with Gasteiger partial charge in [-0.2, -0.15) is 8.78 Å². The SMILES string of the molecule is C#C/C(N)=C/C(C)=N/c1nc(-n2cnc3cc(Nc4ccc(OC(F)F)nn4)ccc32)ccc1C(C)O. The van der Waals surface area contributed by atoms with E-state index in [2.05, 4.69) is 41.1 Å². The Morgan fingerprint density at radius 1 is 1.24 bits per heavy atom. The smallest absolute Gasteiger partial charge is 0.388 e. The van der Waals surface area contributed by atoms with Crippen LogP contribution in [0.25, 0.3) is 16.9 Å². The second kappa shape index (κ2) is 10.8. The van der Waals surface area contributed by atoms with Crippen LogP contribution in [0.5, 0.6) is 5.88 Å². The molecule has 1 atom stereocenters. The fraction of sp³-hybridized carbons (Fsp3) is 0.160. The van der Waals surface area contributed by atoms with E-state index in [1.54, 1.807) is 55.1 Å². The molecule has 0 aliphatic heterocycles. The summed E-state index contributed by atoms with van der Waals surface area (Å²) in [6.45, 7) is 0.385. The third-order valence-corrected chi connectivity index (χ3v) is 5.07. The van der Waals surface area contributed by atoms with Gasteiger partial charge in [-0.3, -0.25) is 4.57 Å². The zero-order valence-electron chi connectivity index (χ0n) is 19.8. The van der Waals surface area contributed by atoms with Gasteiger partial charge < -0.3 is 20.9 Å². The van der Waals surface area contributed by atoms with Crippen LogP contribution in [0.1, 0.15) is 25.5 Å². The van der Waals surface area contributed by atoms with E-state index in [4.69, 9.17) is 12.2 Å². The van der Waals surface area contributed by atoms with Gasteiger partial charge in [0.25, 0.3) is 0 Å². The highest BCUT2D eigenvalue weighted by Gasteiger charge is 2.14. The van der Waals surface area contributed by atoms with Crippen molar-refractivity contribution in [2.75, 3.05) is 5.32 Å². The number of halogens is 2. The van der Waals surface area contributed by atoms with Gasteiger partial charge in [-0.1, -0.05) is 5.92 Å². The lowest BCUT2D eigenvalue weighted by molar-refractivity contribution is -0.0534. The maximum atomic E-state index is 12.3. The van der Waals surface area contributed by atoms with E-state index in [0.29, 0.717) is 39.9 Å². The van der Waals surface area contributed by atoms with Crippen LogP contribution in [-0.2, 0) is 0 Å². The number of hydrogen-bond acceptors (Lipinski definition) is 9. The lowest BCUT2D eigenvalue weighted by atomic mass is 10.1. The number of ether oxygens (including phenoxy) is 1. The summed E-state index contributed by atoms with van der Waals surface area (Å²) in [5.74, 6) is 3.25. The first-order valence-electron chi connectivity index (χ1n) is 10.9. The molecule has 1 aromatic carbocycles. The highest BCUT2D eigenvalue weighted by atomic mass is 19.3. The number of alkyl halides is 2.